The van der Waals surface area contributed by atoms with Gasteiger partial charge in [0.25, 0.3) is 0 Å². The molecule has 2 aromatic heterocycles. The monoisotopic (exact) mass is 261 g/mol. The van der Waals surface area contributed by atoms with Crippen molar-refractivity contribution in [1.82, 2.24) is 15.3 Å². The lowest BCUT2D eigenvalue weighted by Crippen LogP contribution is -2.24. The Hall–Kier alpha value is -1.26. The van der Waals surface area contributed by atoms with Crippen LogP contribution in [0.5, 0.6) is 0 Å². The van der Waals surface area contributed by atoms with Crippen molar-refractivity contribution in [1.29, 1.82) is 0 Å². The molecule has 18 heavy (non-hydrogen) atoms. The summed E-state index contributed by atoms with van der Waals surface area (Å²) in [5.74, 6) is 0. The lowest BCUT2D eigenvalue weighted by atomic mass is 10.1. The molecule has 0 spiro atoms. The van der Waals surface area contributed by atoms with Gasteiger partial charge in [-0.3, -0.25) is 9.97 Å². The van der Waals surface area contributed by atoms with Gasteiger partial charge >= 0.3 is 0 Å². The molecule has 0 fully saturated rings. The Balaban J connectivity index is 2.13. The first-order valence-corrected chi connectivity index (χ1v) is 7.22. The first-order valence-electron chi connectivity index (χ1n) is 6.34. The van der Waals surface area contributed by atoms with Crippen molar-refractivity contribution in [2.45, 2.75) is 32.7 Å². The van der Waals surface area contributed by atoms with Crippen LogP contribution in [-0.2, 0) is 6.42 Å². The molecule has 0 aromatic carbocycles. The van der Waals surface area contributed by atoms with Crippen molar-refractivity contribution < 1.29 is 0 Å². The standard InChI is InChI=1S/C14H19N3S/c1-3-7-16-14(8-12-9-15-10-18-12)13-6-4-5-11(2)17-13/h4-6,9-10,14,16H,3,7-8H2,1-2H3. The third kappa shape index (κ3) is 3.62. The van der Waals surface area contributed by atoms with Crippen molar-refractivity contribution in [3.8, 4) is 0 Å². The van der Waals surface area contributed by atoms with Crippen LogP contribution >= 0.6 is 11.3 Å². The Bertz CT molecular complexity index is 468. The van der Waals surface area contributed by atoms with E-state index in [9.17, 15) is 0 Å². The summed E-state index contributed by atoms with van der Waals surface area (Å²) in [5, 5.41) is 3.57. The lowest BCUT2D eigenvalue weighted by Gasteiger charge is -2.17. The van der Waals surface area contributed by atoms with Gasteiger partial charge in [0, 0.05) is 23.2 Å². The number of pyridine rings is 1. The minimum Gasteiger partial charge on any atom is -0.308 e. The molecule has 4 heteroatoms. The minimum atomic E-state index is 0.283. The summed E-state index contributed by atoms with van der Waals surface area (Å²) in [6, 6.07) is 6.49. The van der Waals surface area contributed by atoms with Crippen LogP contribution < -0.4 is 5.32 Å². The van der Waals surface area contributed by atoms with Crippen LogP contribution in [0.3, 0.4) is 0 Å². The highest BCUT2D eigenvalue weighted by Crippen LogP contribution is 2.19. The molecular formula is C14H19N3S. The molecule has 0 saturated heterocycles. The van der Waals surface area contributed by atoms with Crippen LogP contribution in [-0.4, -0.2) is 16.5 Å². The predicted octanol–water partition coefficient (Wildman–Crippen LogP) is 3.13. The summed E-state index contributed by atoms with van der Waals surface area (Å²) in [4.78, 5) is 10.1. The summed E-state index contributed by atoms with van der Waals surface area (Å²) < 4.78 is 0. The molecule has 1 atom stereocenters. The Morgan fingerprint density at radius 3 is 2.94 bits per heavy atom. The molecule has 2 heterocycles. The maximum Gasteiger partial charge on any atom is 0.0794 e. The smallest absolute Gasteiger partial charge is 0.0794 e. The SMILES string of the molecule is CCCNC(Cc1cncs1)c1cccc(C)n1. The number of nitrogens with one attached hydrogen (secondary N) is 1. The van der Waals surface area contributed by atoms with Gasteiger partial charge in [-0.05, 0) is 32.0 Å². The summed E-state index contributed by atoms with van der Waals surface area (Å²) in [6.45, 7) is 5.23. The third-order valence-corrected chi connectivity index (χ3v) is 3.60. The van der Waals surface area contributed by atoms with E-state index in [1.165, 1.54) is 4.88 Å². The number of hydrogen-bond acceptors (Lipinski definition) is 4. The van der Waals surface area contributed by atoms with Gasteiger partial charge in [0.05, 0.1) is 17.2 Å². The molecule has 0 aliphatic heterocycles. The molecule has 0 aliphatic rings. The van der Waals surface area contributed by atoms with Gasteiger partial charge in [-0.2, -0.15) is 0 Å². The van der Waals surface area contributed by atoms with Gasteiger partial charge in [0.2, 0.25) is 0 Å². The summed E-state index contributed by atoms with van der Waals surface area (Å²) in [6.07, 6.45) is 4.03. The summed E-state index contributed by atoms with van der Waals surface area (Å²) in [7, 11) is 0. The van der Waals surface area contributed by atoms with E-state index in [1.807, 2.05) is 24.7 Å². The maximum absolute atomic E-state index is 4.63. The highest BCUT2D eigenvalue weighted by atomic mass is 32.1. The zero-order valence-electron chi connectivity index (χ0n) is 10.9. The zero-order chi connectivity index (χ0) is 12.8. The Labute approximate surface area is 112 Å². The molecular weight excluding hydrogens is 242 g/mol. The van der Waals surface area contributed by atoms with Gasteiger partial charge in [-0.15, -0.1) is 11.3 Å². The van der Waals surface area contributed by atoms with E-state index in [-0.39, 0.29) is 6.04 Å². The highest BCUT2D eigenvalue weighted by molar-refractivity contribution is 7.09. The topological polar surface area (TPSA) is 37.8 Å². The van der Waals surface area contributed by atoms with E-state index >= 15 is 0 Å². The second-order valence-corrected chi connectivity index (χ2v) is 5.35. The molecule has 0 bridgehead atoms. The number of nitrogens with zero attached hydrogens (tertiary/aromatic N) is 2. The van der Waals surface area contributed by atoms with E-state index in [0.717, 1.165) is 30.8 Å². The van der Waals surface area contributed by atoms with E-state index in [1.54, 1.807) is 11.3 Å². The molecule has 0 saturated carbocycles. The number of hydrogen-bond donors (Lipinski definition) is 1. The van der Waals surface area contributed by atoms with E-state index in [0.29, 0.717) is 0 Å². The number of rotatable bonds is 6. The van der Waals surface area contributed by atoms with Crippen LogP contribution in [0.4, 0.5) is 0 Å². The van der Waals surface area contributed by atoms with E-state index in [4.69, 9.17) is 0 Å². The van der Waals surface area contributed by atoms with E-state index in [2.05, 4.69) is 34.3 Å². The van der Waals surface area contributed by atoms with Crippen molar-refractivity contribution in [3.63, 3.8) is 0 Å². The molecule has 0 amide bonds. The largest absolute Gasteiger partial charge is 0.308 e. The quantitative estimate of drug-likeness (QED) is 0.868. The fraction of sp³-hybridized carbons (Fsp3) is 0.429. The lowest BCUT2D eigenvalue weighted by molar-refractivity contribution is 0.519. The summed E-state index contributed by atoms with van der Waals surface area (Å²) >= 11 is 1.70. The maximum atomic E-state index is 4.63. The first kappa shape index (κ1) is 13.2. The van der Waals surface area contributed by atoms with Gasteiger partial charge < -0.3 is 5.32 Å². The molecule has 1 N–H and O–H groups in total. The molecule has 96 valence electrons. The molecule has 3 nitrogen and oxygen atoms in total. The van der Waals surface area contributed by atoms with Crippen molar-refractivity contribution >= 4 is 11.3 Å². The Morgan fingerprint density at radius 1 is 1.39 bits per heavy atom. The number of aryl methyl sites for hydroxylation is 1. The number of aromatic nitrogens is 2. The normalized spacial score (nSPS) is 12.6. The molecule has 1 unspecified atom stereocenters. The minimum absolute atomic E-state index is 0.283. The molecule has 0 aliphatic carbocycles. The molecule has 2 aromatic rings. The van der Waals surface area contributed by atoms with Gasteiger partial charge in [-0.1, -0.05) is 13.0 Å². The second kappa shape index (κ2) is 6.61. The van der Waals surface area contributed by atoms with Crippen LogP contribution in [0.15, 0.2) is 29.9 Å². The summed E-state index contributed by atoms with van der Waals surface area (Å²) in [5.41, 5.74) is 4.08. The third-order valence-electron chi connectivity index (χ3n) is 2.80. The Kier molecular flexibility index (Phi) is 4.84. The number of thiazole rings is 1. The zero-order valence-corrected chi connectivity index (χ0v) is 11.7. The van der Waals surface area contributed by atoms with E-state index < -0.39 is 0 Å². The average Bonchev–Trinajstić information content (AvgIpc) is 2.87. The Morgan fingerprint density at radius 2 is 2.28 bits per heavy atom. The first-order chi connectivity index (χ1) is 8.79. The van der Waals surface area contributed by atoms with Crippen molar-refractivity contribution in [3.05, 3.63) is 46.2 Å². The van der Waals surface area contributed by atoms with Crippen LogP contribution in [0.2, 0.25) is 0 Å². The van der Waals surface area contributed by atoms with Crippen LogP contribution in [0, 0.1) is 6.92 Å². The molecule has 0 radical (unpaired) electrons. The van der Waals surface area contributed by atoms with Gasteiger partial charge in [-0.25, -0.2) is 0 Å². The van der Waals surface area contributed by atoms with Crippen LogP contribution in [0.25, 0.3) is 0 Å². The average molecular weight is 261 g/mol. The predicted molar refractivity (Wildman–Crippen MR) is 75.8 cm³/mol. The van der Waals surface area contributed by atoms with Gasteiger partial charge in [0.15, 0.2) is 0 Å². The fourth-order valence-corrected chi connectivity index (χ4v) is 2.54. The van der Waals surface area contributed by atoms with Crippen molar-refractivity contribution in [2.24, 2.45) is 0 Å². The molecule has 2 rings (SSSR count). The fourth-order valence-electron chi connectivity index (χ4n) is 1.90. The second-order valence-electron chi connectivity index (χ2n) is 4.38. The highest BCUT2D eigenvalue weighted by Gasteiger charge is 2.13. The van der Waals surface area contributed by atoms with Crippen molar-refractivity contribution in [2.75, 3.05) is 6.54 Å². The van der Waals surface area contributed by atoms with Crippen LogP contribution in [0.1, 0.15) is 35.7 Å². The van der Waals surface area contributed by atoms with Gasteiger partial charge in [0.1, 0.15) is 0 Å².